The summed E-state index contributed by atoms with van der Waals surface area (Å²) in [6.45, 7) is 14.1. The lowest BCUT2D eigenvalue weighted by Crippen LogP contribution is -2.38. The fraction of sp³-hybridized carbons (Fsp3) is 0.480. The topological polar surface area (TPSA) is 67.8 Å². The number of hydrogen-bond donors (Lipinski definition) is 2. The fourth-order valence-electron chi connectivity index (χ4n) is 2.71. The third-order valence-electron chi connectivity index (χ3n) is 4.48. The number of benzene rings is 2. The molecule has 0 saturated heterocycles. The molecule has 164 valence electrons. The van der Waals surface area contributed by atoms with Crippen LogP contribution in [0.5, 0.6) is 11.5 Å². The second-order valence-electron chi connectivity index (χ2n) is 9.76. The van der Waals surface area contributed by atoms with Crippen LogP contribution in [0.4, 0.5) is 0 Å². The maximum Gasteiger partial charge on any atom is 0.311 e. The third kappa shape index (κ3) is 7.47. The molecule has 0 radical (unpaired) electrons. The molecule has 0 saturated carbocycles. The highest BCUT2D eigenvalue weighted by Gasteiger charge is 2.24. The van der Waals surface area contributed by atoms with Crippen LogP contribution in [0.1, 0.15) is 64.3 Å². The van der Waals surface area contributed by atoms with E-state index in [1.54, 1.807) is 0 Å². The highest BCUT2D eigenvalue weighted by Crippen LogP contribution is 2.30. The molecule has 1 unspecified atom stereocenters. The highest BCUT2D eigenvalue weighted by molar-refractivity contribution is 5.75. The van der Waals surface area contributed by atoms with Gasteiger partial charge in [-0.25, -0.2) is 0 Å². The number of rotatable bonds is 7. The summed E-state index contributed by atoms with van der Waals surface area (Å²) in [7, 11) is 0. The van der Waals surface area contributed by atoms with Gasteiger partial charge in [-0.1, -0.05) is 18.2 Å². The zero-order valence-corrected chi connectivity index (χ0v) is 19.2. The van der Waals surface area contributed by atoms with Crippen LogP contribution >= 0.6 is 0 Å². The average Bonchev–Trinajstić information content (AvgIpc) is 2.63. The summed E-state index contributed by atoms with van der Waals surface area (Å²) in [5.74, 6) is 1.02. The van der Waals surface area contributed by atoms with Gasteiger partial charge in [0.2, 0.25) is 0 Å². The van der Waals surface area contributed by atoms with Gasteiger partial charge in [0, 0.05) is 17.6 Å². The Hall–Kier alpha value is -2.37. The zero-order chi connectivity index (χ0) is 22.5. The van der Waals surface area contributed by atoms with Crippen LogP contribution in [0, 0.1) is 12.3 Å². The number of esters is 1. The molecule has 0 aliphatic heterocycles. The largest absolute Gasteiger partial charge is 0.460 e. The molecule has 2 N–H and O–H groups in total. The maximum atomic E-state index is 12.3. The summed E-state index contributed by atoms with van der Waals surface area (Å²) in [4.78, 5) is 12.3. The molecule has 2 aromatic carbocycles. The van der Waals surface area contributed by atoms with Crippen molar-refractivity contribution < 1.29 is 19.4 Å². The van der Waals surface area contributed by atoms with E-state index in [2.05, 4.69) is 26.1 Å². The Labute approximate surface area is 180 Å². The van der Waals surface area contributed by atoms with Gasteiger partial charge in [0.1, 0.15) is 18.1 Å². The van der Waals surface area contributed by atoms with Gasteiger partial charge in [-0.2, -0.15) is 0 Å². The predicted molar refractivity (Wildman–Crippen MR) is 120 cm³/mol. The predicted octanol–water partition coefficient (Wildman–Crippen LogP) is 5.30. The molecule has 0 amide bonds. The number of aliphatic hydroxyl groups is 1. The monoisotopic (exact) mass is 413 g/mol. The SMILES string of the molecule is Cc1cccc(Oc2ccc(C(O)CNC(C)(C)C)cc2COC(=O)C(C)(C)C)c1. The molecule has 0 fully saturated rings. The molecule has 1 atom stereocenters. The van der Waals surface area contributed by atoms with Crippen molar-refractivity contribution in [1.29, 1.82) is 0 Å². The Bertz CT molecular complexity index is 862. The summed E-state index contributed by atoms with van der Waals surface area (Å²) < 4.78 is 11.6. The zero-order valence-electron chi connectivity index (χ0n) is 19.2. The van der Waals surface area contributed by atoms with Crippen LogP contribution in [-0.2, 0) is 16.1 Å². The number of carbonyl (C=O) groups excluding carboxylic acids is 1. The van der Waals surface area contributed by atoms with Gasteiger partial charge in [0.05, 0.1) is 11.5 Å². The Kier molecular flexibility index (Phi) is 7.67. The lowest BCUT2D eigenvalue weighted by molar-refractivity contribution is -0.154. The van der Waals surface area contributed by atoms with E-state index in [0.29, 0.717) is 23.6 Å². The first-order valence-corrected chi connectivity index (χ1v) is 10.3. The first kappa shape index (κ1) is 23.9. The van der Waals surface area contributed by atoms with Gasteiger partial charge in [-0.05, 0) is 83.9 Å². The minimum atomic E-state index is -0.686. The molecular weight excluding hydrogens is 378 g/mol. The van der Waals surface area contributed by atoms with Crippen molar-refractivity contribution in [2.45, 2.75) is 66.7 Å². The Morgan fingerprint density at radius 3 is 2.37 bits per heavy atom. The molecule has 0 spiro atoms. The lowest BCUT2D eigenvalue weighted by atomic mass is 9.97. The molecule has 0 aromatic heterocycles. The second kappa shape index (κ2) is 9.63. The van der Waals surface area contributed by atoms with Crippen LogP contribution in [0.15, 0.2) is 42.5 Å². The summed E-state index contributed by atoms with van der Waals surface area (Å²) in [5.41, 5.74) is 1.85. The average molecular weight is 414 g/mol. The van der Waals surface area contributed by atoms with E-state index in [4.69, 9.17) is 9.47 Å². The Morgan fingerprint density at radius 1 is 1.07 bits per heavy atom. The molecule has 0 aliphatic rings. The molecule has 0 aliphatic carbocycles. The van der Waals surface area contributed by atoms with Crippen molar-refractivity contribution in [2.75, 3.05) is 6.54 Å². The van der Waals surface area contributed by atoms with Crippen LogP contribution in [0.25, 0.3) is 0 Å². The van der Waals surface area contributed by atoms with E-state index >= 15 is 0 Å². The minimum Gasteiger partial charge on any atom is -0.460 e. The second-order valence-corrected chi connectivity index (χ2v) is 9.76. The number of carbonyl (C=O) groups is 1. The summed E-state index contributed by atoms with van der Waals surface area (Å²) in [5, 5.41) is 13.9. The van der Waals surface area contributed by atoms with E-state index in [1.807, 2.05) is 70.2 Å². The van der Waals surface area contributed by atoms with E-state index in [-0.39, 0.29) is 18.1 Å². The van der Waals surface area contributed by atoms with Crippen LogP contribution in [-0.4, -0.2) is 23.2 Å². The van der Waals surface area contributed by atoms with Crippen LogP contribution < -0.4 is 10.1 Å². The van der Waals surface area contributed by atoms with Crippen LogP contribution in [0.3, 0.4) is 0 Å². The van der Waals surface area contributed by atoms with E-state index in [0.717, 1.165) is 11.1 Å². The van der Waals surface area contributed by atoms with Gasteiger partial charge < -0.3 is 19.9 Å². The third-order valence-corrected chi connectivity index (χ3v) is 4.48. The summed E-state index contributed by atoms with van der Waals surface area (Å²) in [6.07, 6.45) is -0.686. The van der Waals surface area contributed by atoms with Crippen molar-refractivity contribution in [3.05, 3.63) is 59.2 Å². The maximum absolute atomic E-state index is 12.3. The lowest BCUT2D eigenvalue weighted by Gasteiger charge is -2.23. The molecule has 2 aromatic rings. The number of aryl methyl sites for hydroxylation is 1. The number of β-amino-alcohol motifs (C(OH)–C–C–N with tert-alkyl or cyclic N) is 1. The normalized spacial score (nSPS) is 13.1. The minimum absolute atomic E-state index is 0.0739. The first-order valence-electron chi connectivity index (χ1n) is 10.3. The smallest absolute Gasteiger partial charge is 0.311 e. The molecule has 5 heteroatoms. The summed E-state index contributed by atoms with van der Waals surface area (Å²) >= 11 is 0. The standard InChI is InChI=1S/C25H35NO4/c1-17-9-8-10-20(13-17)30-22-12-11-18(21(27)15-26-25(5,6)7)14-19(22)16-29-23(28)24(2,3)4/h8-14,21,26-27H,15-16H2,1-7H3. The Morgan fingerprint density at radius 2 is 1.77 bits per heavy atom. The van der Waals surface area contributed by atoms with E-state index in [9.17, 15) is 9.90 Å². The van der Waals surface area contributed by atoms with Gasteiger partial charge in [0.15, 0.2) is 0 Å². The van der Waals surface area contributed by atoms with Crippen molar-refractivity contribution in [3.63, 3.8) is 0 Å². The van der Waals surface area contributed by atoms with Gasteiger partial charge in [-0.15, -0.1) is 0 Å². The van der Waals surface area contributed by atoms with E-state index in [1.165, 1.54) is 0 Å². The van der Waals surface area contributed by atoms with E-state index < -0.39 is 11.5 Å². The van der Waals surface area contributed by atoms with Gasteiger partial charge in [-0.3, -0.25) is 4.79 Å². The molecule has 2 rings (SSSR count). The Balaban J connectivity index is 2.27. The van der Waals surface area contributed by atoms with Crippen molar-refractivity contribution in [3.8, 4) is 11.5 Å². The van der Waals surface area contributed by atoms with Gasteiger partial charge in [0.25, 0.3) is 0 Å². The van der Waals surface area contributed by atoms with Crippen molar-refractivity contribution in [2.24, 2.45) is 5.41 Å². The quantitative estimate of drug-likeness (QED) is 0.603. The summed E-state index contributed by atoms with van der Waals surface area (Å²) in [6, 6.07) is 13.3. The first-order chi connectivity index (χ1) is 13.8. The number of nitrogens with one attached hydrogen (secondary N) is 1. The molecular formula is C25H35NO4. The molecule has 0 bridgehead atoms. The molecule has 30 heavy (non-hydrogen) atoms. The van der Waals surface area contributed by atoms with Crippen molar-refractivity contribution >= 4 is 5.97 Å². The number of ether oxygens (including phenoxy) is 2. The fourth-order valence-corrected chi connectivity index (χ4v) is 2.71. The molecule has 5 nitrogen and oxygen atoms in total. The molecule has 0 heterocycles. The van der Waals surface area contributed by atoms with Crippen molar-refractivity contribution in [1.82, 2.24) is 5.32 Å². The number of hydrogen-bond acceptors (Lipinski definition) is 5. The number of aliphatic hydroxyl groups excluding tert-OH is 1. The van der Waals surface area contributed by atoms with Gasteiger partial charge >= 0.3 is 5.97 Å². The highest BCUT2D eigenvalue weighted by atomic mass is 16.5. The van der Waals surface area contributed by atoms with Crippen LogP contribution in [0.2, 0.25) is 0 Å².